The highest BCUT2D eigenvalue weighted by Gasteiger charge is 2.63. The summed E-state index contributed by atoms with van der Waals surface area (Å²) in [4.78, 5) is 26.3. The van der Waals surface area contributed by atoms with Gasteiger partial charge in [0, 0.05) is 11.8 Å². The summed E-state index contributed by atoms with van der Waals surface area (Å²) in [5, 5.41) is 0. The van der Waals surface area contributed by atoms with E-state index in [0.717, 1.165) is 24.0 Å². The van der Waals surface area contributed by atoms with Crippen LogP contribution in [0.1, 0.15) is 55.3 Å². The SMILES string of the molecule is Cc1cccc(C(=O)OC2C3CC(C2OC(=O)c2cccc(C)c2)C2c4ccccc4CC32)c1. The van der Waals surface area contributed by atoms with Gasteiger partial charge in [0.25, 0.3) is 0 Å². The molecule has 0 spiro atoms. The number of hydrogen-bond donors (Lipinski definition) is 0. The standard InChI is InChI=1S/C30H28O4/c1-17-7-5-10-20(13-17)29(31)33-27-24-16-25(26-22-12-4-3-9-19(22)15-23(24)26)28(27)34-30(32)21-11-6-8-18(2)14-21/h3-14,23-28H,15-16H2,1-2H3. The van der Waals surface area contributed by atoms with E-state index in [1.807, 2.05) is 50.2 Å². The Hall–Kier alpha value is -3.40. The molecular weight excluding hydrogens is 424 g/mol. The molecule has 6 unspecified atom stereocenters. The summed E-state index contributed by atoms with van der Waals surface area (Å²) in [6.07, 6.45) is 1.04. The highest BCUT2D eigenvalue weighted by molar-refractivity contribution is 5.90. The maximum absolute atomic E-state index is 13.2. The molecule has 4 nitrogen and oxygen atoms in total. The van der Waals surface area contributed by atoms with Crippen molar-refractivity contribution >= 4 is 11.9 Å². The molecule has 2 bridgehead atoms. The van der Waals surface area contributed by atoms with Gasteiger partial charge in [0.15, 0.2) is 0 Å². The number of esters is 2. The zero-order valence-electron chi connectivity index (χ0n) is 19.4. The molecule has 3 aromatic rings. The molecule has 2 saturated carbocycles. The second-order valence-corrected chi connectivity index (χ2v) is 10.1. The van der Waals surface area contributed by atoms with E-state index in [1.54, 1.807) is 12.1 Å². The van der Waals surface area contributed by atoms with Crippen molar-refractivity contribution < 1.29 is 19.1 Å². The first kappa shape index (κ1) is 21.2. The molecule has 0 radical (unpaired) electrons. The molecule has 0 amide bonds. The molecule has 3 aliphatic carbocycles. The fourth-order valence-corrected chi connectivity index (χ4v) is 6.70. The van der Waals surface area contributed by atoms with Gasteiger partial charge in [-0.3, -0.25) is 0 Å². The van der Waals surface area contributed by atoms with Gasteiger partial charge >= 0.3 is 11.9 Å². The quantitative estimate of drug-likeness (QED) is 0.479. The van der Waals surface area contributed by atoms with Crippen molar-refractivity contribution in [1.82, 2.24) is 0 Å². The maximum Gasteiger partial charge on any atom is 0.338 e. The Balaban J connectivity index is 1.32. The van der Waals surface area contributed by atoms with Crippen molar-refractivity contribution in [2.45, 2.75) is 44.8 Å². The molecule has 0 aliphatic heterocycles. The summed E-state index contributed by atoms with van der Waals surface area (Å²) >= 11 is 0. The summed E-state index contributed by atoms with van der Waals surface area (Å²) in [5.41, 5.74) is 5.85. The zero-order chi connectivity index (χ0) is 23.4. The van der Waals surface area contributed by atoms with Gasteiger partial charge in [-0.2, -0.15) is 0 Å². The lowest BCUT2D eigenvalue weighted by atomic mass is 9.76. The molecule has 0 heterocycles. The average Bonchev–Trinajstić information content (AvgIpc) is 3.48. The number of ether oxygens (including phenoxy) is 2. The van der Waals surface area contributed by atoms with Crippen LogP contribution in [0.4, 0.5) is 0 Å². The molecule has 172 valence electrons. The smallest absolute Gasteiger partial charge is 0.338 e. The molecule has 0 N–H and O–H groups in total. The second kappa shape index (κ2) is 8.12. The Kier molecular flexibility index (Phi) is 5.05. The largest absolute Gasteiger partial charge is 0.455 e. The lowest BCUT2D eigenvalue weighted by Crippen LogP contribution is -2.45. The van der Waals surface area contributed by atoms with E-state index in [-0.39, 0.29) is 23.8 Å². The van der Waals surface area contributed by atoms with E-state index < -0.39 is 12.2 Å². The number of rotatable bonds is 4. The minimum Gasteiger partial charge on any atom is -0.455 e. The maximum atomic E-state index is 13.2. The lowest BCUT2D eigenvalue weighted by Gasteiger charge is -2.37. The van der Waals surface area contributed by atoms with Crippen LogP contribution >= 0.6 is 0 Å². The Morgan fingerprint density at radius 3 is 1.91 bits per heavy atom. The topological polar surface area (TPSA) is 52.6 Å². The van der Waals surface area contributed by atoms with Crippen molar-refractivity contribution in [3.05, 3.63) is 106 Å². The van der Waals surface area contributed by atoms with Crippen LogP contribution in [0.25, 0.3) is 0 Å². The molecule has 3 aliphatic rings. The monoisotopic (exact) mass is 452 g/mol. The molecule has 3 aromatic carbocycles. The van der Waals surface area contributed by atoms with Crippen molar-refractivity contribution in [2.75, 3.05) is 0 Å². The van der Waals surface area contributed by atoms with Gasteiger partial charge in [-0.05, 0) is 73.9 Å². The minimum atomic E-state index is -0.445. The van der Waals surface area contributed by atoms with Crippen molar-refractivity contribution in [3.8, 4) is 0 Å². The van der Waals surface area contributed by atoms with Crippen LogP contribution in [0.5, 0.6) is 0 Å². The van der Waals surface area contributed by atoms with Crippen molar-refractivity contribution in [3.63, 3.8) is 0 Å². The minimum absolute atomic E-state index is 0.155. The van der Waals surface area contributed by atoms with Gasteiger partial charge in [0.05, 0.1) is 11.1 Å². The van der Waals surface area contributed by atoms with Gasteiger partial charge in [0.2, 0.25) is 0 Å². The number of aryl methyl sites for hydroxylation is 2. The molecule has 6 atom stereocenters. The summed E-state index contributed by atoms with van der Waals surface area (Å²) in [6.45, 7) is 3.92. The summed E-state index contributed by atoms with van der Waals surface area (Å²) in [6, 6.07) is 23.5. The van der Waals surface area contributed by atoms with Gasteiger partial charge in [0.1, 0.15) is 12.2 Å². The number of hydrogen-bond acceptors (Lipinski definition) is 4. The first-order valence-electron chi connectivity index (χ1n) is 12.1. The first-order valence-corrected chi connectivity index (χ1v) is 12.1. The predicted octanol–water partition coefficient (Wildman–Crippen LogP) is 5.66. The van der Waals surface area contributed by atoms with Crippen LogP contribution in [0.2, 0.25) is 0 Å². The van der Waals surface area contributed by atoms with Gasteiger partial charge in [-0.25, -0.2) is 9.59 Å². The van der Waals surface area contributed by atoms with Gasteiger partial charge < -0.3 is 9.47 Å². The second-order valence-electron chi connectivity index (χ2n) is 10.1. The number of carbonyl (C=O) groups excluding carboxylic acids is 2. The molecule has 4 heteroatoms. The summed E-state index contributed by atoms with van der Waals surface area (Å²) < 4.78 is 12.3. The zero-order valence-corrected chi connectivity index (χ0v) is 19.4. The third-order valence-corrected chi connectivity index (χ3v) is 8.05. The van der Waals surface area contributed by atoms with Crippen LogP contribution in [0.15, 0.2) is 72.8 Å². The van der Waals surface area contributed by atoms with Crippen LogP contribution in [-0.4, -0.2) is 24.1 Å². The highest BCUT2D eigenvalue weighted by atomic mass is 16.6. The van der Waals surface area contributed by atoms with Gasteiger partial charge in [-0.1, -0.05) is 59.7 Å². The van der Waals surface area contributed by atoms with E-state index in [4.69, 9.17) is 9.47 Å². The summed E-state index contributed by atoms with van der Waals surface area (Å²) in [7, 11) is 0. The average molecular weight is 453 g/mol. The normalized spacial score (nSPS) is 28.3. The molecule has 6 rings (SSSR count). The fourth-order valence-electron chi connectivity index (χ4n) is 6.70. The number of fused-ring (bicyclic) bond motifs is 7. The van der Waals surface area contributed by atoms with Crippen LogP contribution in [0.3, 0.4) is 0 Å². The van der Waals surface area contributed by atoms with Crippen LogP contribution in [-0.2, 0) is 15.9 Å². The van der Waals surface area contributed by atoms with Crippen LogP contribution < -0.4 is 0 Å². The van der Waals surface area contributed by atoms with Crippen molar-refractivity contribution in [1.29, 1.82) is 0 Å². The van der Waals surface area contributed by atoms with E-state index in [0.29, 0.717) is 23.0 Å². The molecule has 0 saturated heterocycles. The van der Waals surface area contributed by atoms with E-state index in [2.05, 4.69) is 24.3 Å². The van der Waals surface area contributed by atoms with Gasteiger partial charge in [-0.15, -0.1) is 0 Å². The molecule has 34 heavy (non-hydrogen) atoms. The number of benzene rings is 3. The fraction of sp³-hybridized carbons (Fsp3) is 0.333. The lowest BCUT2D eigenvalue weighted by molar-refractivity contribution is -0.0698. The summed E-state index contributed by atoms with van der Waals surface area (Å²) in [5.74, 6) is 0.428. The first-order chi connectivity index (χ1) is 16.5. The number of carbonyl (C=O) groups is 2. The molecule has 2 fully saturated rings. The highest BCUT2D eigenvalue weighted by Crippen LogP contribution is 2.62. The molecule has 0 aromatic heterocycles. The van der Waals surface area contributed by atoms with Crippen LogP contribution in [0, 0.1) is 31.6 Å². The van der Waals surface area contributed by atoms with E-state index >= 15 is 0 Å². The van der Waals surface area contributed by atoms with E-state index in [1.165, 1.54) is 11.1 Å². The Morgan fingerprint density at radius 2 is 1.29 bits per heavy atom. The van der Waals surface area contributed by atoms with E-state index in [9.17, 15) is 9.59 Å². The molecular formula is C30H28O4. The Bertz CT molecular complexity index is 1280. The third kappa shape index (κ3) is 3.44. The third-order valence-electron chi connectivity index (χ3n) is 8.05. The Labute approximate surface area is 199 Å². The van der Waals surface area contributed by atoms with Crippen molar-refractivity contribution in [2.24, 2.45) is 17.8 Å². The Morgan fingerprint density at radius 1 is 0.706 bits per heavy atom. The predicted molar refractivity (Wildman–Crippen MR) is 129 cm³/mol.